The summed E-state index contributed by atoms with van der Waals surface area (Å²) in [5.41, 5.74) is 6.57. The molecule has 0 aromatic heterocycles. The molecule has 1 fully saturated rings. The predicted octanol–water partition coefficient (Wildman–Crippen LogP) is 2.53. The molecule has 0 aliphatic carbocycles. The van der Waals surface area contributed by atoms with E-state index in [0.717, 1.165) is 12.0 Å². The molecule has 1 aliphatic heterocycles. The van der Waals surface area contributed by atoms with Gasteiger partial charge in [-0.3, -0.25) is 0 Å². The fraction of sp³-hybridized carbons (Fsp3) is 0.500. The van der Waals surface area contributed by atoms with E-state index in [2.05, 4.69) is 0 Å². The van der Waals surface area contributed by atoms with Crippen LogP contribution in [0, 0.1) is 5.82 Å². The zero-order chi connectivity index (χ0) is 11.8. The van der Waals surface area contributed by atoms with Crippen molar-refractivity contribution < 1.29 is 9.13 Å². The first kappa shape index (κ1) is 11.8. The van der Waals surface area contributed by atoms with Crippen molar-refractivity contribution in [3.63, 3.8) is 0 Å². The Bertz CT molecular complexity index is 399. The van der Waals surface area contributed by atoms with Gasteiger partial charge in [-0.2, -0.15) is 0 Å². The molecule has 1 heterocycles. The number of ether oxygens (including phenoxy) is 1. The van der Waals surface area contributed by atoms with Crippen LogP contribution in [0.1, 0.15) is 18.9 Å². The van der Waals surface area contributed by atoms with Gasteiger partial charge in [-0.1, -0.05) is 23.7 Å². The first-order chi connectivity index (χ1) is 7.53. The second-order valence-electron chi connectivity index (χ2n) is 4.39. The number of hydrogen-bond donors (Lipinski definition) is 1. The molecule has 0 bridgehead atoms. The van der Waals surface area contributed by atoms with Crippen LogP contribution in [0.3, 0.4) is 0 Å². The maximum atomic E-state index is 13.3. The van der Waals surface area contributed by atoms with Gasteiger partial charge in [0.25, 0.3) is 0 Å². The SMILES string of the molecule is CC1OCCC1(N)Cc1cccc(F)c1Cl. The molecule has 0 amide bonds. The van der Waals surface area contributed by atoms with E-state index in [0.29, 0.717) is 13.0 Å². The lowest BCUT2D eigenvalue weighted by atomic mass is 9.86. The maximum Gasteiger partial charge on any atom is 0.142 e. The van der Waals surface area contributed by atoms with Crippen LogP contribution in [0.4, 0.5) is 4.39 Å². The fourth-order valence-electron chi connectivity index (χ4n) is 2.07. The third kappa shape index (κ3) is 2.08. The maximum absolute atomic E-state index is 13.3. The van der Waals surface area contributed by atoms with Crippen LogP contribution in [0.25, 0.3) is 0 Å². The Balaban J connectivity index is 2.24. The summed E-state index contributed by atoms with van der Waals surface area (Å²) >= 11 is 5.91. The quantitative estimate of drug-likeness (QED) is 0.866. The van der Waals surface area contributed by atoms with E-state index in [1.165, 1.54) is 6.07 Å². The highest BCUT2D eigenvalue weighted by atomic mass is 35.5. The van der Waals surface area contributed by atoms with E-state index in [-0.39, 0.29) is 11.1 Å². The minimum atomic E-state index is -0.433. The minimum Gasteiger partial charge on any atom is -0.377 e. The fourth-order valence-corrected chi connectivity index (χ4v) is 2.26. The van der Waals surface area contributed by atoms with Gasteiger partial charge in [0.05, 0.1) is 11.1 Å². The Hall–Kier alpha value is -0.640. The van der Waals surface area contributed by atoms with Gasteiger partial charge in [-0.15, -0.1) is 0 Å². The first-order valence-electron chi connectivity index (χ1n) is 5.36. The first-order valence-corrected chi connectivity index (χ1v) is 5.74. The summed E-state index contributed by atoms with van der Waals surface area (Å²) in [5.74, 6) is -0.394. The third-order valence-electron chi connectivity index (χ3n) is 3.30. The molecule has 2 N–H and O–H groups in total. The number of rotatable bonds is 2. The second kappa shape index (κ2) is 4.32. The molecule has 16 heavy (non-hydrogen) atoms. The zero-order valence-corrected chi connectivity index (χ0v) is 9.93. The lowest BCUT2D eigenvalue weighted by Crippen LogP contribution is -2.48. The van der Waals surface area contributed by atoms with E-state index >= 15 is 0 Å². The lowest BCUT2D eigenvalue weighted by Gasteiger charge is -2.27. The Morgan fingerprint density at radius 3 is 3.00 bits per heavy atom. The smallest absolute Gasteiger partial charge is 0.142 e. The van der Waals surface area contributed by atoms with Crippen LogP contribution in [0.5, 0.6) is 0 Å². The molecule has 2 rings (SSSR count). The number of hydrogen-bond acceptors (Lipinski definition) is 2. The van der Waals surface area contributed by atoms with Gasteiger partial charge < -0.3 is 10.5 Å². The van der Waals surface area contributed by atoms with E-state index in [1.807, 2.05) is 13.0 Å². The average molecular weight is 244 g/mol. The third-order valence-corrected chi connectivity index (χ3v) is 3.72. The molecule has 2 atom stereocenters. The molecule has 2 nitrogen and oxygen atoms in total. The van der Waals surface area contributed by atoms with Gasteiger partial charge in [0.15, 0.2) is 0 Å². The summed E-state index contributed by atoms with van der Waals surface area (Å²) in [7, 11) is 0. The van der Waals surface area contributed by atoms with Crippen molar-refractivity contribution in [3.05, 3.63) is 34.6 Å². The van der Waals surface area contributed by atoms with Crippen molar-refractivity contribution >= 4 is 11.6 Å². The summed E-state index contributed by atoms with van der Waals surface area (Å²) in [6.07, 6.45) is 1.30. The van der Waals surface area contributed by atoms with Gasteiger partial charge in [0.1, 0.15) is 5.82 Å². The van der Waals surface area contributed by atoms with Gasteiger partial charge in [-0.25, -0.2) is 4.39 Å². The van der Waals surface area contributed by atoms with Crippen molar-refractivity contribution in [2.24, 2.45) is 5.73 Å². The summed E-state index contributed by atoms with van der Waals surface area (Å²) in [6.45, 7) is 2.60. The van der Waals surface area contributed by atoms with Crippen molar-refractivity contribution in [1.29, 1.82) is 0 Å². The molecule has 1 saturated heterocycles. The Kier molecular flexibility index (Phi) is 3.19. The molecule has 1 aromatic rings. The number of halogens is 2. The van der Waals surface area contributed by atoms with Crippen molar-refractivity contribution in [3.8, 4) is 0 Å². The summed E-state index contributed by atoms with van der Waals surface area (Å²) in [4.78, 5) is 0. The van der Waals surface area contributed by atoms with E-state index in [9.17, 15) is 4.39 Å². The molecule has 1 aliphatic rings. The van der Waals surface area contributed by atoms with Crippen LogP contribution in [-0.2, 0) is 11.2 Å². The van der Waals surface area contributed by atoms with Crippen LogP contribution < -0.4 is 5.73 Å². The molecule has 88 valence electrons. The molecule has 1 aromatic carbocycles. The molecule has 0 spiro atoms. The second-order valence-corrected chi connectivity index (χ2v) is 4.76. The summed E-state index contributed by atoms with van der Waals surface area (Å²) in [6, 6.07) is 4.81. The van der Waals surface area contributed by atoms with Crippen LogP contribution in [-0.4, -0.2) is 18.2 Å². The standard InChI is InChI=1S/C12H15ClFNO/c1-8-12(15,5-6-16-8)7-9-3-2-4-10(14)11(9)13/h2-4,8H,5-7,15H2,1H3. The van der Waals surface area contributed by atoms with Gasteiger partial charge in [0.2, 0.25) is 0 Å². The molecular formula is C12H15ClFNO. The van der Waals surface area contributed by atoms with Crippen molar-refractivity contribution in [1.82, 2.24) is 0 Å². The van der Waals surface area contributed by atoms with E-state index in [1.54, 1.807) is 6.07 Å². The Morgan fingerprint density at radius 2 is 2.38 bits per heavy atom. The van der Waals surface area contributed by atoms with Crippen LogP contribution in [0.15, 0.2) is 18.2 Å². The average Bonchev–Trinajstić information content (AvgIpc) is 2.55. The van der Waals surface area contributed by atoms with Crippen LogP contribution in [0.2, 0.25) is 5.02 Å². The largest absolute Gasteiger partial charge is 0.377 e. The monoisotopic (exact) mass is 243 g/mol. The highest BCUT2D eigenvalue weighted by molar-refractivity contribution is 6.31. The Morgan fingerprint density at radius 1 is 1.62 bits per heavy atom. The number of nitrogens with two attached hydrogens (primary N) is 1. The molecule has 2 unspecified atom stereocenters. The van der Waals surface area contributed by atoms with E-state index in [4.69, 9.17) is 22.1 Å². The number of benzene rings is 1. The van der Waals surface area contributed by atoms with E-state index < -0.39 is 11.4 Å². The topological polar surface area (TPSA) is 35.2 Å². The van der Waals surface area contributed by atoms with Crippen molar-refractivity contribution in [2.75, 3.05) is 6.61 Å². The molecule has 0 radical (unpaired) electrons. The summed E-state index contributed by atoms with van der Waals surface area (Å²) < 4.78 is 18.7. The van der Waals surface area contributed by atoms with Gasteiger partial charge in [-0.05, 0) is 31.4 Å². The predicted molar refractivity (Wildman–Crippen MR) is 62.1 cm³/mol. The van der Waals surface area contributed by atoms with Gasteiger partial charge in [0, 0.05) is 12.1 Å². The minimum absolute atomic E-state index is 0.0214. The zero-order valence-electron chi connectivity index (χ0n) is 9.17. The van der Waals surface area contributed by atoms with Gasteiger partial charge >= 0.3 is 0 Å². The highest BCUT2D eigenvalue weighted by Gasteiger charge is 2.38. The molecule has 4 heteroatoms. The van der Waals surface area contributed by atoms with Crippen LogP contribution >= 0.6 is 11.6 Å². The lowest BCUT2D eigenvalue weighted by molar-refractivity contribution is 0.0955. The molecule has 0 saturated carbocycles. The Labute approximate surface area is 99.5 Å². The summed E-state index contributed by atoms with van der Waals surface area (Å²) in [5, 5.41) is 0.173. The van der Waals surface area contributed by atoms with Crippen molar-refractivity contribution in [2.45, 2.75) is 31.4 Å². The highest BCUT2D eigenvalue weighted by Crippen LogP contribution is 2.30. The normalized spacial score (nSPS) is 29.6. The molecular weight excluding hydrogens is 229 g/mol.